The molecule has 1 N–H and O–H groups in total. The first-order valence-electron chi connectivity index (χ1n) is 5.82. The maximum absolute atomic E-state index is 11.7. The van der Waals surface area contributed by atoms with Gasteiger partial charge in [0.25, 0.3) is 0 Å². The number of ether oxygens (including phenoxy) is 1. The highest BCUT2D eigenvalue weighted by Crippen LogP contribution is 2.07. The van der Waals surface area contributed by atoms with Gasteiger partial charge in [-0.05, 0) is 19.8 Å². The van der Waals surface area contributed by atoms with Crippen molar-refractivity contribution in [2.75, 3.05) is 19.9 Å². The minimum Gasteiger partial charge on any atom is -0.385 e. The van der Waals surface area contributed by atoms with E-state index >= 15 is 0 Å². The van der Waals surface area contributed by atoms with Crippen LogP contribution < -0.4 is 0 Å². The number of rotatable bonds is 9. The van der Waals surface area contributed by atoms with Gasteiger partial charge in [0.05, 0.1) is 6.10 Å². The molecule has 0 rings (SSSR count). The number of hydrogen-bond acceptors (Lipinski definition) is 6. The van der Waals surface area contributed by atoms with E-state index in [-0.39, 0.29) is 19.4 Å². The van der Waals surface area contributed by atoms with Crippen molar-refractivity contribution >= 4 is 16.3 Å². The molecule has 0 radical (unpaired) electrons. The number of hydrogen-bond donors (Lipinski definition) is 1. The van der Waals surface area contributed by atoms with Crippen LogP contribution in [0.25, 0.3) is 0 Å². The zero-order chi connectivity index (χ0) is 14.2. The van der Waals surface area contributed by atoms with Crippen LogP contribution in [-0.2, 0) is 24.0 Å². The van der Waals surface area contributed by atoms with Gasteiger partial charge in [-0.15, -0.1) is 4.31 Å². The monoisotopic (exact) mass is 283 g/mol. The van der Waals surface area contributed by atoms with E-state index in [4.69, 9.17) is 9.84 Å². The highest BCUT2D eigenvalue weighted by Gasteiger charge is 2.26. The van der Waals surface area contributed by atoms with Gasteiger partial charge < -0.3 is 14.0 Å². The fourth-order valence-electron chi connectivity index (χ4n) is 1.02. The maximum atomic E-state index is 11.7. The molecule has 0 saturated carbocycles. The second kappa shape index (κ2) is 8.41. The van der Waals surface area contributed by atoms with Gasteiger partial charge in [0, 0.05) is 6.54 Å². The normalized spacial score (nSPS) is 13.6. The van der Waals surface area contributed by atoms with Crippen molar-refractivity contribution in [3.05, 3.63) is 0 Å². The lowest BCUT2D eigenvalue weighted by Crippen LogP contribution is -2.37. The quantitative estimate of drug-likeness (QED) is 0.610. The molecule has 0 spiro atoms. The molecule has 7 nitrogen and oxygen atoms in total. The zero-order valence-corrected chi connectivity index (χ0v) is 11.8. The Hall–Kier alpha value is -0.700. The predicted molar refractivity (Wildman–Crippen MR) is 64.8 cm³/mol. The van der Waals surface area contributed by atoms with Crippen molar-refractivity contribution in [1.29, 1.82) is 0 Å². The molecule has 8 heteroatoms. The second-order valence-electron chi connectivity index (χ2n) is 3.76. The Morgan fingerprint density at radius 2 is 2.00 bits per heavy atom. The van der Waals surface area contributed by atoms with E-state index in [2.05, 4.69) is 4.18 Å². The van der Waals surface area contributed by atoms with Crippen molar-refractivity contribution in [3.8, 4) is 0 Å². The largest absolute Gasteiger partial charge is 0.389 e. The highest BCUT2D eigenvalue weighted by molar-refractivity contribution is 7.84. The molecule has 0 bridgehead atoms. The number of aliphatic hydroxyl groups is 1. The number of aliphatic hydroxyl groups excluding tert-OH is 1. The van der Waals surface area contributed by atoms with E-state index in [1.165, 1.54) is 0 Å². The van der Waals surface area contributed by atoms with Gasteiger partial charge in [-0.1, -0.05) is 13.8 Å². The highest BCUT2D eigenvalue weighted by atomic mass is 32.2. The van der Waals surface area contributed by atoms with Crippen LogP contribution in [0.3, 0.4) is 0 Å². The first-order chi connectivity index (χ1) is 8.37. The maximum Gasteiger partial charge on any atom is 0.389 e. The summed E-state index contributed by atoms with van der Waals surface area (Å²) in [7, 11) is -4.20. The van der Waals surface area contributed by atoms with E-state index in [0.29, 0.717) is 6.42 Å². The first-order valence-corrected chi connectivity index (χ1v) is 7.18. The van der Waals surface area contributed by atoms with E-state index in [9.17, 15) is 13.2 Å². The summed E-state index contributed by atoms with van der Waals surface area (Å²) in [6.07, 6.45) is 1.21. The third-order valence-corrected chi connectivity index (χ3v) is 3.51. The average Bonchev–Trinajstić information content (AvgIpc) is 2.32. The molecule has 0 amide bonds. The van der Waals surface area contributed by atoms with E-state index in [1.54, 1.807) is 6.92 Å². The Morgan fingerprint density at radius 1 is 1.39 bits per heavy atom. The molecule has 0 aliphatic heterocycles. The van der Waals surface area contributed by atoms with Crippen molar-refractivity contribution < 1.29 is 27.2 Å². The van der Waals surface area contributed by atoms with Crippen LogP contribution >= 0.6 is 0 Å². The molecule has 0 fully saturated rings. The Morgan fingerprint density at radius 3 is 2.44 bits per heavy atom. The average molecular weight is 283 g/mol. The van der Waals surface area contributed by atoms with Crippen molar-refractivity contribution in [2.24, 2.45) is 0 Å². The van der Waals surface area contributed by atoms with Crippen LogP contribution in [0.5, 0.6) is 0 Å². The number of nitrogens with zero attached hydrogens (tertiary/aromatic N) is 1. The molecule has 0 heterocycles. The Labute approximate surface area is 108 Å². The lowest BCUT2D eigenvalue weighted by atomic mass is 10.3. The summed E-state index contributed by atoms with van der Waals surface area (Å²) in [5, 5.41) is 8.48. The molecule has 0 aromatic rings. The Bertz CT molecular complexity index is 342. The van der Waals surface area contributed by atoms with Crippen LogP contribution in [0.2, 0.25) is 0 Å². The summed E-state index contributed by atoms with van der Waals surface area (Å²) >= 11 is 0. The van der Waals surface area contributed by atoms with Crippen molar-refractivity contribution in [2.45, 2.75) is 39.7 Å². The Balaban J connectivity index is 4.60. The molecule has 0 saturated heterocycles. The Kier molecular flexibility index (Phi) is 8.08. The molecular weight excluding hydrogens is 262 g/mol. The van der Waals surface area contributed by atoms with Crippen LogP contribution in [0.4, 0.5) is 0 Å². The molecule has 0 aliphatic carbocycles. The summed E-state index contributed by atoms with van der Waals surface area (Å²) in [5.74, 6) is -1.21. The van der Waals surface area contributed by atoms with Crippen molar-refractivity contribution in [3.63, 3.8) is 0 Å². The van der Waals surface area contributed by atoms with Gasteiger partial charge in [0.2, 0.25) is 0 Å². The smallest absolute Gasteiger partial charge is 0.385 e. The fraction of sp³-hybridized carbons (Fsp3) is 0.900. The van der Waals surface area contributed by atoms with Gasteiger partial charge in [-0.25, -0.2) is 4.79 Å². The summed E-state index contributed by atoms with van der Waals surface area (Å²) in [6.45, 7) is 4.54. The van der Waals surface area contributed by atoms with Crippen LogP contribution in [-0.4, -0.2) is 49.8 Å². The second-order valence-corrected chi connectivity index (χ2v) is 5.30. The SMILES string of the molecule is CCCN(COC(C)CC)S(=O)(=O)OC(=O)CO. The van der Waals surface area contributed by atoms with E-state index < -0.39 is 22.9 Å². The third-order valence-electron chi connectivity index (χ3n) is 2.19. The van der Waals surface area contributed by atoms with Gasteiger partial charge in [-0.3, -0.25) is 0 Å². The van der Waals surface area contributed by atoms with E-state index in [1.807, 2.05) is 13.8 Å². The van der Waals surface area contributed by atoms with Gasteiger partial charge in [0.15, 0.2) is 0 Å². The van der Waals surface area contributed by atoms with Crippen molar-refractivity contribution in [1.82, 2.24) is 4.31 Å². The molecule has 0 aromatic carbocycles. The lowest BCUT2D eigenvalue weighted by Gasteiger charge is -2.21. The predicted octanol–water partition coefficient (Wildman–Crippen LogP) is 0.251. The van der Waals surface area contributed by atoms with Gasteiger partial charge in [0.1, 0.15) is 13.3 Å². The standard InChI is InChI=1S/C10H21NO6S/c1-4-6-11(8-16-9(3)5-2)18(14,15)17-10(13)7-12/h9,12H,4-8H2,1-3H3. The molecular formula is C10H21NO6S. The van der Waals surface area contributed by atoms with Crippen LogP contribution in [0, 0.1) is 0 Å². The van der Waals surface area contributed by atoms with Gasteiger partial charge in [-0.2, -0.15) is 8.42 Å². The fourth-order valence-corrected chi connectivity index (χ4v) is 2.00. The first kappa shape index (κ1) is 17.3. The molecule has 1 unspecified atom stereocenters. The molecule has 1 atom stereocenters. The summed E-state index contributed by atoms with van der Waals surface area (Å²) in [6, 6.07) is 0. The van der Waals surface area contributed by atoms with Gasteiger partial charge >= 0.3 is 16.3 Å². The van der Waals surface area contributed by atoms with E-state index in [0.717, 1.165) is 10.7 Å². The topological polar surface area (TPSA) is 93.1 Å². The molecule has 108 valence electrons. The molecule has 0 aromatic heterocycles. The third kappa shape index (κ3) is 6.29. The minimum absolute atomic E-state index is 0.0897. The van der Waals surface area contributed by atoms with Crippen LogP contribution in [0.1, 0.15) is 33.6 Å². The minimum atomic E-state index is -4.20. The zero-order valence-electron chi connectivity index (χ0n) is 11.0. The molecule has 0 aliphatic rings. The summed E-state index contributed by atoms with van der Waals surface area (Å²) < 4.78 is 33.8. The summed E-state index contributed by atoms with van der Waals surface area (Å²) in [5.41, 5.74) is 0. The summed E-state index contributed by atoms with van der Waals surface area (Å²) in [4.78, 5) is 10.8. The molecule has 18 heavy (non-hydrogen) atoms. The number of carbonyl (C=O) groups is 1. The lowest BCUT2D eigenvalue weighted by molar-refractivity contribution is -0.137. The number of carbonyl (C=O) groups excluding carboxylic acids is 1. The van der Waals surface area contributed by atoms with Crippen LogP contribution in [0.15, 0.2) is 0 Å².